The van der Waals surface area contributed by atoms with E-state index in [0.29, 0.717) is 0 Å². The zero-order valence-corrected chi connectivity index (χ0v) is 13.6. The van der Waals surface area contributed by atoms with Crippen molar-refractivity contribution in [3.05, 3.63) is 40.5 Å². The molecule has 28 heavy (non-hydrogen) atoms. The Kier molecular flexibility index (Phi) is 14.2. The average Bonchev–Trinajstić information content (AvgIpc) is 2.60. The molecule has 0 saturated carbocycles. The van der Waals surface area contributed by atoms with Gasteiger partial charge in [0, 0.05) is 0 Å². The van der Waals surface area contributed by atoms with E-state index in [1.165, 1.54) is 0 Å². The first-order valence-corrected chi connectivity index (χ1v) is 6.69. The van der Waals surface area contributed by atoms with Crippen LogP contribution in [0.15, 0.2) is 0 Å². The van der Waals surface area contributed by atoms with E-state index >= 15 is 0 Å². The molecule has 0 aliphatic rings. The van der Waals surface area contributed by atoms with Gasteiger partial charge < -0.3 is 39.8 Å². The Hall–Kier alpha value is -3.36. The molecule has 0 aliphatic carbocycles. The summed E-state index contributed by atoms with van der Waals surface area (Å²) in [4.78, 5) is 55.4. The number of aliphatic hydroxyl groups is 4. The quantitative estimate of drug-likeness (QED) is 0.154. The summed E-state index contributed by atoms with van der Waals surface area (Å²) in [5.41, 5.74) is 0. The van der Waals surface area contributed by atoms with Gasteiger partial charge >= 0.3 is 0 Å². The Morgan fingerprint density at radius 2 is 0.929 bits per heavy atom. The lowest BCUT2D eigenvalue weighted by molar-refractivity contribution is -0.818. The largest absolute Gasteiger partial charge is 0.394 e. The summed E-state index contributed by atoms with van der Waals surface area (Å²) in [6.07, 6.45) is -6.44. The van der Waals surface area contributed by atoms with Crippen molar-refractivity contribution in [3.63, 3.8) is 0 Å². The Morgan fingerprint density at radius 3 is 1.11 bits per heavy atom. The molecule has 0 aliphatic heterocycles. The van der Waals surface area contributed by atoms with Gasteiger partial charge in [-0.25, -0.2) is 0 Å². The van der Waals surface area contributed by atoms with E-state index in [1.54, 1.807) is 0 Å². The number of aliphatic hydroxyl groups excluding tert-OH is 4. The van der Waals surface area contributed by atoms with E-state index in [2.05, 4.69) is 19.4 Å². The van der Waals surface area contributed by atoms with Gasteiger partial charge in [0.25, 0.3) is 20.3 Å². The number of hydrogen-bond donors (Lipinski definition) is 4. The van der Waals surface area contributed by atoms with Crippen LogP contribution in [0.5, 0.6) is 0 Å². The normalized spacial score (nSPS) is 14.1. The van der Waals surface area contributed by atoms with Gasteiger partial charge in [0.2, 0.25) is 0 Å². The van der Waals surface area contributed by atoms with Gasteiger partial charge in [0.15, 0.2) is 12.2 Å². The highest BCUT2D eigenvalue weighted by Gasteiger charge is 2.31. The summed E-state index contributed by atoms with van der Waals surface area (Å²) in [7, 11) is 0. The second-order valence-corrected chi connectivity index (χ2v) is 4.27. The highest BCUT2D eigenvalue weighted by atomic mass is 17.0. The van der Waals surface area contributed by atoms with Crippen LogP contribution in [0.4, 0.5) is 0 Å². The molecule has 0 heterocycles. The molecule has 0 aromatic heterocycles. The zero-order chi connectivity index (χ0) is 22.3. The minimum absolute atomic E-state index is 0.526. The van der Waals surface area contributed by atoms with Crippen LogP contribution in [0.1, 0.15) is 0 Å². The monoisotopic (exact) mass is 424 g/mol. The van der Waals surface area contributed by atoms with Gasteiger partial charge in [-0.15, -0.1) is 40.5 Å². The SMILES string of the molecule is O=[N+]([O-])OC[C@H](O[N+](=O)[O-])[C@@H](CO[N+](=O)[O-])O[N+](=O)[O-].OCC(O)C(O)CO. The van der Waals surface area contributed by atoms with Crippen LogP contribution in [0, 0.1) is 40.5 Å². The van der Waals surface area contributed by atoms with Gasteiger partial charge in [-0.3, -0.25) is 0 Å². The molecule has 0 spiro atoms. The topological polar surface area (TPSA) is 290 Å². The molecule has 0 bridgehead atoms. The predicted molar refractivity (Wildman–Crippen MR) is 75.8 cm³/mol. The first-order chi connectivity index (χ1) is 12.9. The molecule has 164 valence electrons. The Labute approximate surface area is 152 Å². The highest BCUT2D eigenvalue weighted by molar-refractivity contribution is 4.67. The van der Waals surface area contributed by atoms with Crippen LogP contribution in [0.3, 0.4) is 0 Å². The molecular formula is C8H16N4O16. The van der Waals surface area contributed by atoms with Crippen molar-refractivity contribution in [3.8, 4) is 0 Å². The van der Waals surface area contributed by atoms with Crippen molar-refractivity contribution in [2.45, 2.75) is 24.4 Å². The second kappa shape index (κ2) is 14.8. The minimum Gasteiger partial charge on any atom is -0.394 e. The molecule has 0 rings (SSSR count). The third-order valence-corrected chi connectivity index (χ3v) is 2.36. The van der Waals surface area contributed by atoms with Crippen molar-refractivity contribution in [2.24, 2.45) is 0 Å². The predicted octanol–water partition coefficient (Wildman–Crippen LogP) is -3.75. The van der Waals surface area contributed by atoms with Crippen LogP contribution < -0.4 is 0 Å². The number of hydrogen-bond acceptors (Lipinski definition) is 16. The zero-order valence-electron chi connectivity index (χ0n) is 13.6. The molecule has 0 aromatic carbocycles. The maximum absolute atomic E-state index is 10.1. The van der Waals surface area contributed by atoms with Gasteiger partial charge in [-0.1, -0.05) is 0 Å². The van der Waals surface area contributed by atoms with Gasteiger partial charge in [0.1, 0.15) is 25.4 Å². The van der Waals surface area contributed by atoms with Crippen LogP contribution in [-0.2, 0) is 19.4 Å². The molecule has 0 amide bonds. The standard InChI is InChI=1S/C4H6N4O12.C4H10O4/c9-5(10)17-1-3(19-7(13)14)4(20-8(15)16)2-18-6(11)12;5-1-3(7)4(8)2-6/h3-4H,1-2H2;3-8H,1-2H2/t3-,4+;. The van der Waals surface area contributed by atoms with E-state index in [4.69, 9.17) is 20.4 Å². The van der Waals surface area contributed by atoms with Crippen molar-refractivity contribution >= 4 is 0 Å². The van der Waals surface area contributed by atoms with E-state index in [0.717, 1.165) is 0 Å². The summed E-state index contributed by atoms with van der Waals surface area (Å²) < 4.78 is 0. The number of rotatable bonds is 14. The Morgan fingerprint density at radius 1 is 0.643 bits per heavy atom. The summed E-state index contributed by atoms with van der Waals surface area (Å²) in [6.45, 7) is -3.34. The van der Waals surface area contributed by atoms with Gasteiger partial charge in [-0.05, 0) is 0 Å². The first-order valence-electron chi connectivity index (χ1n) is 6.69. The molecular weight excluding hydrogens is 408 g/mol. The Bertz CT molecular complexity index is 459. The molecule has 0 fully saturated rings. The molecule has 20 nitrogen and oxygen atoms in total. The van der Waals surface area contributed by atoms with Crippen molar-refractivity contribution in [1.29, 1.82) is 0 Å². The third kappa shape index (κ3) is 14.9. The van der Waals surface area contributed by atoms with E-state index < -0.39 is 71.2 Å². The molecule has 4 N–H and O–H groups in total. The van der Waals surface area contributed by atoms with Crippen LogP contribution in [-0.4, -0.2) is 91.6 Å². The number of nitrogens with zero attached hydrogens (tertiary/aromatic N) is 4. The lowest BCUT2D eigenvalue weighted by Gasteiger charge is -2.21. The van der Waals surface area contributed by atoms with E-state index in [1.807, 2.05) is 0 Å². The molecule has 20 heteroatoms. The van der Waals surface area contributed by atoms with Crippen LogP contribution in [0.25, 0.3) is 0 Å². The second-order valence-electron chi connectivity index (χ2n) is 4.27. The van der Waals surface area contributed by atoms with Crippen molar-refractivity contribution in [1.82, 2.24) is 0 Å². The van der Waals surface area contributed by atoms with Crippen LogP contribution in [0.2, 0.25) is 0 Å². The average molecular weight is 424 g/mol. The summed E-state index contributed by atoms with van der Waals surface area (Å²) >= 11 is 0. The van der Waals surface area contributed by atoms with Gasteiger partial charge in [0.05, 0.1) is 13.2 Å². The molecule has 4 atom stereocenters. The van der Waals surface area contributed by atoms with Crippen molar-refractivity contribution in [2.75, 3.05) is 26.4 Å². The smallest absolute Gasteiger partial charge is 0.294 e. The summed E-state index contributed by atoms with van der Waals surface area (Å²) in [6, 6.07) is 0. The summed E-state index contributed by atoms with van der Waals surface area (Å²) in [5, 5.41) is 67.8. The molecule has 0 aromatic rings. The minimum atomic E-state index is -2.00. The fraction of sp³-hybridized carbons (Fsp3) is 1.00. The first kappa shape index (κ1) is 26.9. The summed E-state index contributed by atoms with van der Waals surface area (Å²) in [5.74, 6) is 0. The Balaban J connectivity index is 0. The van der Waals surface area contributed by atoms with Crippen LogP contribution >= 0.6 is 0 Å². The van der Waals surface area contributed by atoms with E-state index in [9.17, 15) is 40.5 Å². The lowest BCUT2D eigenvalue weighted by atomic mass is 10.2. The molecule has 0 saturated heterocycles. The maximum Gasteiger partial charge on any atom is 0.294 e. The third-order valence-electron chi connectivity index (χ3n) is 2.36. The lowest BCUT2D eigenvalue weighted by Crippen LogP contribution is -2.42. The molecule has 2 unspecified atom stereocenters. The highest BCUT2D eigenvalue weighted by Crippen LogP contribution is 2.08. The van der Waals surface area contributed by atoms with E-state index in [-0.39, 0.29) is 0 Å². The molecule has 0 radical (unpaired) electrons. The van der Waals surface area contributed by atoms with Gasteiger partial charge in [-0.2, -0.15) is 0 Å². The fourth-order valence-corrected chi connectivity index (χ4v) is 1.14. The maximum atomic E-state index is 10.1. The fourth-order valence-electron chi connectivity index (χ4n) is 1.14. The van der Waals surface area contributed by atoms with Crippen molar-refractivity contribution < 1.29 is 60.1 Å².